The topological polar surface area (TPSA) is 113 Å². The second-order valence-electron chi connectivity index (χ2n) is 7.77. The number of amides is 1. The van der Waals surface area contributed by atoms with Crippen molar-refractivity contribution in [3.8, 4) is 5.75 Å². The van der Waals surface area contributed by atoms with Crippen molar-refractivity contribution in [2.24, 2.45) is 5.92 Å². The Balaban J connectivity index is 1.48. The maximum absolute atomic E-state index is 12.3. The standard InChI is InChI=1S/C26H24ClNO6/c27-21-8-4-18(5-9-21)16-34-22-10-6-17(7-11-22)14-24(29)28-15-20-3-1-2-19(12-20)13-23(25(30)31)26(32)33/h1-12,23H,13-16H2,(H,28,29)(H,30,31)(H,32,33). The lowest BCUT2D eigenvalue weighted by molar-refractivity contribution is -0.154. The molecule has 0 unspecified atom stereocenters. The van der Waals surface area contributed by atoms with Gasteiger partial charge in [-0.05, 0) is 52.9 Å². The Bertz CT molecular complexity index is 1130. The average Bonchev–Trinajstić information content (AvgIpc) is 2.82. The van der Waals surface area contributed by atoms with Crippen molar-refractivity contribution in [1.29, 1.82) is 0 Å². The third kappa shape index (κ3) is 7.64. The first-order valence-corrected chi connectivity index (χ1v) is 10.9. The zero-order chi connectivity index (χ0) is 24.5. The first-order valence-electron chi connectivity index (χ1n) is 10.6. The lowest BCUT2D eigenvalue weighted by Gasteiger charge is -2.10. The second kappa shape index (κ2) is 11.9. The minimum Gasteiger partial charge on any atom is -0.489 e. The van der Waals surface area contributed by atoms with Crippen molar-refractivity contribution in [1.82, 2.24) is 5.32 Å². The van der Waals surface area contributed by atoms with Gasteiger partial charge in [-0.15, -0.1) is 0 Å². The van der Waals surface area contributed by atoms with Crippen LogP contribution in [-0.4, -0.2) is 28.1 Å². The predicted octanol–water partition coefficient (Wildman–Crippen LogP) is 4.11. The van der Waals surface area contributed by atoms with E-state index in [1.54, 1.807) is 36.4 Å². The highest BCUT2D eigenvalue weighted by Gasteiger charge is 2.25. The molecule has 0 radical (unpaired) electrons. The molecule has 0 aliphatic rings. The summed E-state index contributed by atoms with van der Waals surface area (Å²) in [7, 11) is 0. The number of carbonyl (C=O) groups is 3. The molecule has 0 saturated heterocycles. The van der Waals surface area contributed by atoms with Gasteiger partial charge in [-0.2, -0.15) is 0 Å². The zero-order valence-electron chi connectivity index (χ0n) is 18.2. The third-order valence-corrected chi connectivity index (χ3v) is 5.38. The van der Waals surface area contributed by atoms with Crippen molar-refractivity contribution in [3.05, 3.63) is 100 Å². The van der Waals surface area contributed by atoms with Crippen LogP contribution in [0.2, 0.25) is 5.02 Å². The fraction of sp³-hybridized carbons (Fsp3) is 0.192. The van der Waals surface area contributed by atoms with Crippen LogP contribution in [0.15, 0.2) is 72.8 Å². The van der Waals surface area contributed by atoms with Gasteiger partial charge in [-0.25, -0.2) is 0 Å². The molecule has 0 heterocycles. The Morgan fingerprint density at radius 1 is 0.824 bits per heavy atom. The summed E-state index contributed by atoms with van der Waals surface area (Å²) in [6.07, 6.45) is 0.0656. The van der Waals surface area contributed by atoms with Gasteiger partial charge in [0.05, 0.1) is 6.42 Å². The molecule has 3 aromatic rings. The molecule has 3 N–H and O–H groups in total. The quantitative estimate of drug-likeness (QED) is 0.355. The van der Waals surface area contributed by atoms with E-state index in [2.05, 4.69) is 5.32 Å². The summed E-state index contributed by atoms with van der Waals surface area (Å²) in [5.74, 6) is -3.76. The van der Waals surface area contributed by atoms with Gasteiger partial charge >= 0.3 is 11.9 Å². The molecule has 3 aromatic carbocycles. The highest BCUT2D eigenvalue weighted by Crippen LogP contribution is 2.16. The highest BCUT2D eigenvalue weighted by atomic mass is 35.5. The smallest absolute Gasteiger partial charge is 0.318 e. The van der Waals surface area contributed by atoms with Crippen LogP contribution in [0.4, 0.5) is 0 Å². The SMILES string of the molecule is O=C(Cc1ccc(OCc2ccc(Cl)cc2)cc1)NCc1cccc(CC(C(=O)O)C(=O)O)c1. The van der Waals surface area contributed by atoms with Crippen LogP contribution >= 0.6 is 11.6 Å². The Hall–Kier alpha value is -3.84. The van der Waals surface area contributed by atoms with Crippen molar-refractivity contribution in [3.63, 3.8) is 0 Å². The van der Waals surface area contributed by atoms with Gasteiger partial charge in [0.2, 0.25) is 5.91 Å². The first kappa shape index (κ1) is 24.8. The van der Waals surface area contributed by atoms with Gasteiger partial charge in [0, 0.05) is 11.6 Å². The number of nitrogens with one attached hydrogen (secondary N) is 1. The fourth-order valence-corrected chi connectivity index (χ4v) is 3.41. The Morgan fingerprint density at radius 2 is 1.44 bits per heavy atom. The summed E-state index contributed by atoms with van der Waals surface area (Å²) in [6.45, 7) is 0.662. The summed E-state index contributed by atoms with van der Waals surface area (Å²) < 4.78 is 5.75. The van der Waals surface area contributed by atoms with Crippen LogP contribution in [-0.2, 0) is 40.4 Å². The molecule has 1 amide bonds. The summed E-state index contributed by atoms with van der Waals surface area (Å²) in [6, 6.07) is 21.5. The summed E-state index contributed by atoms with van der Waals surface area (Å²) >= 11 is 5.88. The van der Waals surface area contributed by atoms with Crippen LogP contribution in [0, 0.1) is 5.92 Å². The van der Waals surface area contributed by atoms with Gasteiger partial charge in [-0.1, -0.05) is 60.1 Å². The molecule has 8 heteroatoms. The largest absolute Gasteiger partial charge is 0.489 e. The number of benzene rings is 3. The lowest BCUT2D eigenvalue weighted by Crippen LogP contribution is -2.26. The molecule has 7 nitrogen and oxygen atoms in total. The van der Waals surface area contributed by atoms with E-state index in [1.165, 1.54) is 0 Å². The number of ether oxygens (including phenoxy) is 1. The molecule has 0 fully saturated rings. The number of halogens is 1. The number of carboxylic acid groups (broad SMARTS) is 2. The van der Waals surface area contributed by atoms with Crippen LogP contribution < -0.4 is 10.1 Å². The van der Waals surface area contributed by atoms with Gasteiger partial charge in [-0.3, -0.25) is 14.4 Å². The normalized spacial score (nSPS) is 10.6. The second-order valence-corrected chi connectivity index (χ2v) is 8.20. The van der Waals surface area contributed by atoms with Gasteiger partial charge in [0.15, 0.2) is 5.92 Å². The Kier molecular flexibility index (Phi) is 8.65. The van der Waals surface area contributed by atoms with Crippen molar-refractivity contribution < 1.29 is 29.3 Å². The van der Waals surface area contributed by atoms with Crippen molar-refractivity contribution in [2.45, 2.75) is 26.0 Å². The number of carbonyl (C=O) groups excluding carboxylic acids is 1. The van der Waals surface area contributed by atoms with Gasteiger partial charge < -0.3 is 20.3 Å². The van der Waals surface area contributed by atoms with E-state index in [4.69, 9.17) is 26.6 Å². The summed E-state index contributed by atoms with van der Waals surface area (Å²) in [4.78, 5) is 34.5. The maximum Gasteiger partial charge on any atom is 0.318 e. The third-order valence-electron chi connectivity index (χ3n) is 5.12. The van der Waals surface area contributed by atoms with Crippen molar-refractivity contribution in [2.75, 3.05) is 0 Å². The molecular weight excluding hydrogens is 458 g/mol. The van der Waals surface area contributed by atoms with E-state index in [0.29, 0.717) is 22.9 Å². The molecule has 0 spiro atoms. The molecule has 0 aromatic heterocycles. The number of carboxylic acids is 2. The fourth-order valence-electron chi connectivity index (χ4n) is 3.28. The van der Waals surface area contributed by atoms with Crippen LogP contribution in [0.1, 0.15) is 22.3 Å². The minimum atomic E-state index is -1.51. The molecule has 3 rings (SSSR count). The average molecular weight is 482 g/mol. The van der Waals surface area contributed by atoms with E-state index in [9.17, 15) is 14.4 Å². The molecule has 34 heavy (non-hydrogen) atoms. The van der Waals surface area contributed by atoms with E-state index < -0.39 is 17.9 Å². The van der Waals surface area contributed by atoms with Crippen LogP contribution in [0.25, 0.3) is 0 Å². The lowest BCUT2D eigenvalue weighted by atomic mass is 9.98. The van der Waals surface area contributed by atoms with E-state index in [-0.39, 0.29) is 25.3 Å². The number of aliphatic carboxylic acids is 2. The van der Waals surface area contributed by atoms with Crippen LogP contribution in [0.5, 0.6) is 5.75 Å². The van der Waals surface area contributed by atoms with Crippen LogP contribution in [0.3, 0.4) is 0 Å². The molecule has 0 aliphatic carbocycles. The maximum atomic E-state index is 12.3. The summed E-state index contributed by atoms with van der Waals surface area (Å²) in [5, 5.41) is 21.6. The molecular formula is C26H24ClNO6. The number of hydrogen-bond donors (Lipinski definition) is 3. The Morgan fingerprint density at radius 3 is 2.09 bits per heavy atom. The van der Waals surface area contributed by atoms with Gasteiger partial charge in [0.25, 0.3) is 0 Å². The first-order chi connectivity index (χ1) is 16.3. The highest BCUT2D eigenvalue weighted by molar-refractivity contribution is 6.30. The van der Waals surface area contributed by atoms with E-state index in [0.717, 1.165) is 16.7 Å². The minimum absolute atomic E-state index is 0.126. The number of rotatable bonds is 11. The van der Waals surface area contributed by atoms with E-state index >= 15 is 0 Å². The van der Waals surface area contributed by atoms with E-state index in [1.807, 2.05) is 36.4 Å². The van der Waals surface area contributed by atoms with Crippen molar-refractivity contribution >= 4 is 29.4 Å². The predicted molar refractivity (Wildman–Crippen MR) is 127 cm³/mol. The Labute approximate surface area is 202 Å². The molecule has 0 aliphatic heterocycles. The zero-order valence-corrected chi connectivity index (χ0v) is 19.0. The summed E-state index contributed by atoms with van der Waals surface area (Å²) in [5.41, 5.74) is 3.16. The van der Waals surface area contributed by atoms with Gasteiger partial charge in [0.1, 0.15) is 12.4 Å². The number of hydrogen-bond acceptors (Lipinski definition) is 4. The monoisotopic (exact) mass is 481 g/mol. The molecule has 0 atom stereocenters. The molecule has 0 saturated carbocycles. The molecule has 176 valence electrons. The molecule has 0 bridgehead atoms.